The van der Waals surface area contributed by atoms with Gasteiger partial charge in [-0.2, -0.15) is 0 Å². The van der Waals surface area contributed by atoms with E-state index in [0.29, 0.717) is 12.1 Å². The van der Waals surface area contributed by atoms with Crippen molar-refractivity contribution in [1.82, 2.24) is 0 Å². The number of nitrogens with zero attached hydrogens (tertiary/aromatic N) is 1. The van der Waals surface area contributed by atoms with Crippen LogP contribution in [-0.2, 0) is 4.79 Å². The zero-order chi connectivity index (χ0) is 11.7. The van der Waals surface area contributed by atoms with E-state index in [9.17, 15) is 9.18 Å². The second-order valence-corrected chi connectivity index (χ2v) is 4.02. The van der Waals surface area contributed by atoms with E-state index in [-0.39, 0.29) is 17.8 Å². The molecule has 1 aliphatic rings. The number of nitrogens with one attached hydrogen (secondary N) is 1. The highest BCUT2D eigenvalue weighted by atomic mass is 19.1. The number of rotatable bonds is 1. The number of fused-ring (bicyclic) bond motifs is 1. The quantitative estimate of drug-likeness (QED) is 0.791. The fourth-order valence-corrected chi connectivity index (χ4v) is 2.16. The summed E-state index contributed by atoms with van der Waals surface area (Å²) in [5, 5.41) is 2.63. The molecule has 0 bridgehead atoms. The van der Waals surface area contributed by atoms with Crippen LogP contribution in [0.15, 0.2) is 18.2 Å². The fraction of sp³-hybridized carbons (Fsp3) is 0.417. The number of benzene rings is 1. The molecular formula is C12H15FN2O. The summed E-state index contributed by atoms with van der Waals surface area (Å²) in [4.78, 5) is 13.6. The Morgan fingerprint density at radius 3 is 3.00 bits per heavy atom. The lowest BCUT2D eigenvalue weighted by Crippen LogP contribution is -2.33. The minimum atomic E-state index is -0.376. The van der Waals surface area contributed by atoms with Gasteiger partial charge in [0.15, 0.2) is 0 Å². The van der Waals surface area contributed by atoms with Gasteiger partial charge in [0.1, 0.15) is 11.5 Å². The first-order valence-electron chi connectivity index (χ1n) is 5.48. The van der Waals surface area contributed by atoms with Crippen molar-refractivity contribution in [3.63, 3.8) is 0 Å². The first kappa shape index (κ1) is 10.9. The summed E-state index contributed by atoms with van der Waals surface area (Å²) in [5.74, 6) is -0.506. The summed E-state index contributed by atoms with van der Waals surface area (Å²) in [6.45, 7) is 4.73. The van der Waals surface area contributed by atoms with Crippen LogP contribution in [-0.4, -0.2) is 18.5 Å². The third-order valence-corrected chi connectivity index (χ3v) is 2.92. The predicted molar refractivity (Wildman–Crippen MR) is 62.1 cm³/mol. The van der Waals surface area contributed by atoms with Crippen molar-refractivity contribution in [3.8, 4) is 0 Å². The molecule has 4 heteroatoms. The molecule has 1 aliphatic heterocycles. The summed E-state index contributed by atoms with van der Waals surface area (Å²) in [6, 6.07) is 4.96. The third kappa shape index (κ3) is 1.75. The molecular weight excluding hydrogens is 207 g/mol. The van der Waals surface area contributed by atoms with Crippen molar-refractivity contribution in [3.05, 3.63) is 24.0 Å². The monoisotopic (exact) mass is 222 g/mol. The summed E-state index contributed by atoms with van der Waals surface area (Å²) < 4.78 is 13.6. The number of halogens is 1. The Bertz CT molecular complexity index is 419. The molecule has 1 atom stereocenters. The Labute approximate surface area is 94.3 Å². The molecule has 16 heavy (non-hydrogen) atoms. The van der Waals surface area contributed by atoms with Gasteiger partial charge in [-0.25, -0.2) is 4.39 Å². The molecule has 0 saturated carbocycles. The summed E-state index contributed by atoms with van der Waals surface area (Å²) in [7, 11) is 0. The van der Waals surface area contributed by atoms with Crippen LogP contribution < -0.4 is 10.2 Å². The highest BCUT2D eigenvalue weighted by Crippen LogP contribution is 2.32. The molecule has 1 unspecified atom stereocenters. The third-order valence-electron chi connectivity index (χ3n) is 2.92. The normalized spacial score (nSPS) is 20.1. The second kappa shape index (κ2) is 4.12. The maximum atomic E-state index is 13.6. The highest BCUT2D eigenvalue weighted by Gasteiger charge is 2.25. The van der Waals surface area contributed by atoms with Crippen molar-refractivity contribution in [2.45, 2.75) is 26.3 Å². The van der Waals surface area contributed by atoms with Crippen LogP contribution in [0.4, 0.5) is 15.8 Å². The van der Waals surface area contributed by atoms with Gasteiger partial charge in [0, 0.05) is 19.0 Å². The number of amides is 1. The van der Waals surface area contributed by atoms with Gasteiger partial charge in [0.05, 0.1) is 5.69 Å². The van der Waals surface area contributed by atoms with Crippen LogP contribution in [0, 0.1) is 5.82 Å². The smallest absolute Gasteiger partial charge is 0.226 e. The van der Waals surface area contributed by atoms with Crippen LogP contribution in [0.1, 0.15) is 20.3 Å². The van der Waals surface area contributed by atoms with E-state index in [1.807, 2.05) is 24.8 Å². The van der Waals surface area contributed by atoms with Crippen LogP contribution in [0.25, 0.3) is 0 Å². The van der Waals surface area contributed by atoms with Gasteiger partial charge in [0.25, 0.3) is 0 Å². The van der Waals surface area contributed by atoms with Gasteiger partial charge < -0.3 is 10.2 Å². The number of carbonyl (C=O) groups excluding carboxylic acids is 1. The van der Waals surface area contributed by atoms with Crippen LogP contribution in [0.5, 0.6) is 0 Å². The van der Waals surface area contributed by atoms with Crippen molar-refractivity contribution in [2.75, 3.05) is 16.8 Å². The molecule has 2 rings (SSSR count). The predicted octanol–water partition coefficient (Wildman–Crippen LogP) is 2.38. The molecule has 1 aromatic rings. The first-order chi connectivity index (χ1) is 7.63. The zero-order valence-electron chi connectivity index (χ0n) is 9.46. The van der Waals surface area contributed by atoms with Crippen molar-refractivity contribution < 1.29 is 9.18 Å². The van der Waals surface area contributed by atoms with Crippen LogP contribution >= 0.6 is 0 Å². The Hall–Kier alpha value is -1.58. The Kier molecular flexibility index (Phi) is 2.81. The number of hydrogen-bond acceptors (Lipinski definition) is 2. The lowest BCUT2D eigenvalue weighted by atomic mass is 10.2. The van der Waals surface area contributed by atoms with E-state index < -0.39 is 0 Å². The molecule has 0 aromatic heterocycles. The second-order valence-electron chi connectivity index (χ2n) is 4.02. The summed E-state index contributed by atoms with van der Waals surface area (Å²) in [6.07, 6.45) is 0.391. The van der Waals surface area contributed by atoms with E-state index in [1.54, 1.807) is 6.07 Å². The van der Waals surface area contributed by atoms with Gasteiger partial charge in [-0.15, -0.1) is 0 Å². The van der Waals surface area contributed by atoms with E-state index in [0.717, 1.165) is 12.2 Å². The molecule has 0 fully saturated rings. The van der Waals surface area contributed by atoms with Gasteiger partial charge in [-0.1, -0.05) is 6.07 Å². The first-order valence-corrected chi connectivity index (χ1v) is 5.48. The maximum absolute atomic E-state index is 13.6. The molecule has 0 aliphatic carbocycles. The molecule has 0 radical (unpaired) electrons. The van der Waals surface area contributed by atoms with Gasteiger partial charge in [-0.05, 0) is 26.0 Å². The summed E-state index contributed by atoms with van der Waals surface area (Å²) >= 11 is 0. The van der Waals surface area contributed by atoms with Crippen LogP contribution in [0.2, 0.25) is 0 Å². The van der Waals surface area contributed by atoms with E-state index in [4.69, 9.17) is 0 Å². The number of hydrogen-bond donors (Lipinski definition) is 1. The van der Waals surface area contributed by atoms with Crippen LogP contribution in [0.3, 0.4) is 0 Å². The van der Waals surface area contributed by atoms with Gasteiger partial charge in [0.2, 0.25) is 5.91 Å². The Morgan fingerprint density at radius 1 is 1.56 bits per heavy atom. The molecule has 1 heterocycles. The molecule has 1 aromatic carbocycles. The molecule has 1 N–H and O–H groups in total. The number of anilines is 2. The molecule has 0 spiro atoms. The highest BCUT2D eigenvalue weighted by molar-refractivity contribution is 5.96. The van der Waals surface area contributed by atoms with E-state index in [1.165, 1.54) is 6.07 Å². The average Bonchev–Trinajstić information content (AvgIpc) is 2.35. The minimum Gasteiger partial charge on any atom is -0.367 e. The van der Waals surface area contributed by atoms with Crippen molar-refractivity contribution in [2.24, 2.45) is 0 Å². The Morgan fingerprint density at radius 2 is 2.31 bits per heavy atom. The summed E-state index contributed by atoms with van der Waals surface area (Å²) in [5.41, 5.74) is 1.07. The SMILES string of the molecule is CCN1c2cccc(F)c2NC(=O)CC1C. The van der Waals surface area contributed by atoms with Gasteiger partial charge in [-0.3, -0.25) is 4.79 Å². The van der Waals surface area contributed by atoms with Crippen molar-refractivity contribution in [1.29, 1.82) is 0 Å². The number of para-hydroxylation sites is 1. The molecule has 86 valence electrons. The largest absolute Gasteiger partial charge is 0.367 e. The lowest BCUT2D eigenvalue weighted by Gasteiger charge is -2.28. The lowest BCUT2D eigenvalue weighted by molar-refractivity contribution is -0.116. The Balaban J connectivity index is 2.54. The van der Waals surface area contributed by atoms with Crippen molar-refractivity contribution >= 4 is 17.3 Å². The average molecular weight is 222 g/mol. The fourth-order valence-electron chi connectivity index (χ4n) is 2.16. The van der Waals surface area contributed by atoms with Gasteiger partial charge >= 0.3 is 0 Å². The molecule has 1 amide bonds. The molecule has 3 nitrogen and oxygen atoms in total. The maximum Gasteiger partial charge on any atom is 0.226 e. The standard InChI is InChI=1S/C12H15FN2O/c1-3-15-8(2)7-11(16)14-12-9(13)5-4-6-10(12)15/h4-6,8H,3,7H2,1-2H3,(H,14,16). The van der Waals surface area contributed by atoms with E-state index in [2.05, 4.69) is 5.32 Å². The minimum absolute atomic E-state index is 0.0908. The number of carbonyl (C=O) groups is 1. The topological polar surface area (TPSA) is 32.3 Å². The zero-order valence-corrected chi connectivity index (χ0v) is 9.46. The van der Waals surface area contributed by atoms with E-state index >= 15 is 0 Å². The molecule has 0 saturated heterocycles.